The number of anilines is 2. The molecule has 0 aromatic heterocycles. The summed E-state index contributed by atoms with van der Waals surface area (Å²) in [5.41, 5.74) is 9.92. The van der Waals surface area contributed by atoms with Crippen LogP contribution in [0.15, 0.2) is 95.1 Å². The Labute approximate surface area is 141 Å². The maximum Gasteiger partial charge on any atom is 0.0561 e. The number of hydrogen-bond acceptors (Lipinski definition) is 4. The molecule has 2 N–H and O–H groups in total. The van der Waals surface area contributed by atoms with Gasteiger partial charge in [0, 0.05) is 0 Å². The minimum Gasteiger partial charge on any atom is -0.279 e. The van der Waals surface area contributed by atoms with Crippen LogP contribution in [0.3, 0.4) is 0 Å². The summed E-state index contributed by atoms with van der Waals surface area (Å²) in [4.78, 5) is 0. The van der Waals surface area contributed by atoms with E-state index in [0.29, 0.717) is 0 Å². The van der Waals surface area contributed by atoms with Gasteiger partial charge >= 0.3 is 0 Å². The molecule has 3 rings (SSSR count). The van der Waals surface area contributed by atoms with Gasteiger partial charge in [-0.2, -0.15) is 10.2 Å². The summed E-state index contributed by atoms with van der Waals surface area (Å²) < 4.78 is 0. The van der Waals surface area contributed by atoms with E-state index in [1.54, 1.807) is 12.4 Å². The molecule has 3 aromatic rings. The van der Waals surface area contributed by atoms with Gasteiger partial charge in [-0.3, -0.25) is 10.9 Å². The van der Waals surface area contributed by atoms with Crippen LogP contribution in [0.2, 0.25) is 0 Å². The van der Waals surface area contributed by atoms with E-state index >= 15 is 0 Å². The maximum absolute atomic E-state index is 4.25. The molecule has 0 fully saturated rings. The summed E-state index contributed by atoms with van der Waals surface area (Å²) in [5.74, 6) is 0. The lowest BCUT2D eigenvalue weighted by atomic mass is 10.1. The SMILES string of the molecule is C(=N\Nc1ccccc1)/c1cccc(/C=N/Nc2ccccc2)c1. The number of nitrogens with zero attached hydrogens (tertiary/aromatic N) is 2. The normalized spacial score (nSPS) is 11.0. The quantitative estimate of drug-likeness (QED) is 0.517. The summed E-state index contributed by atoms with van der Waals surface area (Å²) in [5, 5.41) is 8.49. The highest BCUT2D eigenvalue weighted by Crippen LogP contribution is 2.06. The smallest absolute Gasteiger partial charge is 0.0561 e. The minimum atomic E-state index is 0.957. The summed E-state index contributed by atoms with van der Waals surface area (Å²) in [7, 11) is 0. The fourth-order valence-corrected chi connectivity index (χ4v) is 2.11. The van der Waals surface area contributed by atoms with Crippen LogP contribution in [0, 0.1) is 0 Å². The Bertz CT molecular complexity index is 745. The lowest BCUT2D eigenvalue weighted by Gasteiger charge is -2.00. The molecule has 0 saturated carbocycles. The molecule has 24 heavy (non-hydrogen) atoms. The third-order valence-electron chi connectivity index (χ3n) is 3.27. The van der Waals surface area contributed by atoms with Gasteiger partial charge in [-0.1, -0.05) is 54.6 Å². The van der Waals surface area contributed by atoms with Gasteiger partial charge in [0.05, 0.1) is 23.8 Å². The average Bonchev–Trinajstić information content (AvgIpc) is 2.64. The summed E-state index contributed by atoms with van der Waals surface area (Å²) in [6.07, 6.45) is 3.57. The van der Waals surface area contributed by atoms with Gasteiger partial charge in [-0.15, -0.1) is 0 Å². The van der Waals surface area contributed by atoms with Crippen molar-refractivity contribution < 1.29 is 0 Å². The highest BCUT2D eigenvalue weighted by Gasteiger charge is 1.92. The van der Waals surface area contributed by atoms with Crippen LogP contribution in [0.1, 0.15) is 11.1 Å². The van der Waals surface area contributed by atoms with Crippen molar-refractivity contribution >= 4 is 23.8 Å². The van der Waals surface area contributed by atoms with E-state index in [-0.39, 0.29) is 0 Å². The summed E-state index contributed by atoms with van der Waals surface area (Å²) in [6, 6.07) is 27.7. The molecule has 118 valence electrons. The van der Waals surface area contributed by atoms with E-state index in [1.807, 2.05) is 84.9 Å². The summed E-state index contributed by atoms with van der Waals surface area (Å²) in [6.45, 7) is 0. The largest absolute Gasteiger partial charge is 0.279 e. The third kappa shape index (κ3) is 4.81. The molecule has 0 aliphatic carbocycles. The summed E-state index contributed by atoms with van der Waals surface area (Å²) >= 11 is 0. The van der Waals surface area contributed by atoms with E-state index in [9.17, 15) is 0 Å². The topological polar surface area (TPSA) is 48.8 Å². The first kappa shape index (κ1) is 15.5. The number of benzene rings is 3. The van der Waals surface area contributed by atoms with Crippen LogP contribution in [-0.2, 0) is 0 Å². The molecule has 4 nitrogen and oxygen atoms in total. The Morgan fingerprint density at radius 3 is 1.46 bits per heavy atom. The maximum atomic E-state index is 4.25. The molecule has 0 radical (unpaired) electrons. The third-order valence-corrected chi connectivity index (χ3v) is 3.27. The highest BCUT2D eigenvalue weighted by molar-refractivity contribution is 5.86. The highest BCUT2D eigenvalue weighted by atomic mass is 15.3. The first-order chi connectivity index (χ1) is 11.9. The fraction of sp³-hybridized carbons (Fsp3) is 0. The molecular formula is C20H18N4. The van der Waals surface area contributed by atoms with Gasteiger partial charge in [0.1, 0.15) is 0 Å². The van der Waals surface area contributed by atoms with Gasteiger partial charge in [-0.05, 0) is 41.5 Å². The van der Waals surface area contributed by atoms with Crippen LogP contribution in [0.5, 0.6) is 0 Å². The minimum absolute atomic E-state index is 0.957. The lowest BCUT2D eigenvalue weighted by molar-refractivity contribution is 1.34. The Morgan fingerprint density at radius 2 is 1.00 bits per heavy atom. The zero-order chi connectivity index (χ0) is 16.5. The van der Waals surface area contributed by atoms with E-state index in [4.69, 9.17) is 0 Å². The van der Waals surface area contributed by atoms with Crippen molar-refractivity contribution in [3.05, 3.63) is 96.1 Å². The Balaban J connectivity index is 1.59. The number of hydrogen-bond donors (Lipinski definition) is 2. The Kier molecular flexibility index (Phi) is 5.35. The van der Waals surface area contributed by atoms with Crippen molar-refractivity contribution in [3.8, 4) is 0 Å². The number of rotatable bonds is 6. The molecule has 0 bridgehead atoms. The van der Waals surface area contributed by atoms with E-state index in [2.05, 4.69) is 21.1 Å². The molecule has 0 heterocycles. The van der Waals surface area contributed by atoms with Gasteiger partial charge < -0.3 is 0 Å². The van der Waals surface area contributed by atoms with E-state index < -0.39 is 0 Å². The van der Waals surface area contributed by atoms with Crippen LogP contribution < -0.4 is 10.9 Å². The standard InChI is InChI=1S/C20H18N4/c1-3-10-19(11-4-1)23-21-15-17-8-7-9-18(14-17)16-22-24-20-12-5-2-6-13-20/h1-16,23-24H/b21-15+,22-16+. The van der Waals surface area contributed by atoms with Gasteiger partial charge in [-0.25, -0.2) is 0 Å². The predicted molar refractivity (Wildman–Crippen MR) is 102 cm³/mol. The number of para-hydroxylation sites is 2. The molecule has 0 aliphatic rings. The van der Waals surface area contributed by atoms with Crippen molar-refractivity contribution in [1.29, 1.82) is 0 Å². The molecule has 0 saturated heterocycles. The van der Waals surface area contributed by atoms with E-state index in [0.717, 1.165) is 22.5 Å². The second-order valence-electron chi connectivity index (χ2n) is 5.14. The molecule has 0 aliphatic heterocycles. The average molecular weight is 314 g/mol. The van der Waals surface area contributed by atoms with Crippen molar-refractivity contribution in [2.24, 2.45) is 10.2 Å². The Morgan fingerprint density at radius 1 is 0.542 bits per heavy atom. The van der Waals surface area contributed by atoms with E-state index in [1.165, 1.54) is 0 Å². The van der Waals surface area contributed by atoms with Crippen LogP contribution in [0.4, 0.5) is 11.4 Å². The monoisotopic (exact) mass is 314 g/mol. The Hall–Kier alpha value is -3.40. The lowest BCUT2D eigenvalue weighted by Crippen LogP contribution is -1.93. The van der Waals surface area contributed by atoms with Crippen molar-refractivity contribution in [2.75, 3.05) is 10.9 Å². The predicted octanol–water partition coefficient (Wildman–Crippen LogP) is 4.58. The van der Waals surface area contributed by atoms with Crippen molar-refractivity contribution in [1.82, 2.24) is 0 Å². The van der Waals surface area contributed by atoms with Crippen LogP contribution in [-0.4, -0.2) is 12.4 Å². The molecule has 0 atom stereocenters. The molecule has 4 heteroatoms. The molecule has 0 amide bonds. The number of nitrogens with one attached hydrogen (secondary N) is 2. The van der Waals surface area contributed by atoms with Crippen molar-refractivity contribution in [3.63, 3.8) is 0 Å². The zero-order valence-corrected chi connectivity index (χ0v) is 13.1. The number of hydrazone groups is 2. The molecule has 0 unspecified atom stereocenters. The second kappa shape index (κ2) is 8.29. The fourth-order valence-electron chi connectivity index (χ4n) is 2.11. The van der Waals surface area contributed by atoms with Crippen molar-refractivity contribution in [2.45, 2.75) is 0 Å². The first-order valence-corrected chi connectivity index (χ1v) is 7.68. The van der Waals surface area contributed by atoms with Gasteiger partial charge in [0.15, 0.2) is 0 Å². The molecular weight excluding hydrogens is 296 g/mol. The second-order valence-corrected chi connectivity index (χ2v) is 5.14. The van der Waals surface area contributed by atoms with Crippen LogP contribution in [0.25, 0.3) is 0 Å². The van der Waals surface area contributed by atoms with Gasteiger partial charge in [0.2, 0.25) is 0 Å². The molecule has 0 spiro atoms. The van der Waals surface area contributed by atoms with Crippen LogP contribution >= 0.6 is 0 Å². The van der Waals surface area contributed by atoms with Gasteiger partial charge in [0.25, 0.3) is 0 Å². The zero-order valence-electron chi connectivity index (χ0n) is 13.1. The first-order valence-electron chi connectivity index (χ1n) is 7.68. The molecule has 3 aromatic carbocycles.